The molecule has 0 saturated carbocycles. The summed E-state index contributed by atoms with van der Waals surface area (Å²) in [5, 5.41) is 20.3. The van der Waals surface area contributed by atoms with Gasteiger partial charge in [0.1, 0.15) is 11.6 Å². The summed E-state index contributed by atoms with van der Waals surface area (Å²) in [7, 11) is 0. The summed E-state index contributed by atoms with van der Waals surface area (Å²) in [5.74, 6) is -3.72. The quantitative estimate of drug-likeness (QED) is 0.380. The molecule has 1 spiro atoms. The third kappa shape index (κ3) is 3.82. The Morgan fingerprint density at radius 3 is 2.68 bits per heavy atom. The minimum atomic E-state index is -1.20. The number of hydrogen-bond donors (Lipinski definition) is 2. The van der Waals surface area contributed by atoms with Gasteiger partial charge in [-0.05, 0) is 24.8 Å². The number of amides is 2. The SMILES string of the molecule is C=CCN(CCCCC)C(=O)C1N([C@H](CO)c2ccccc2)C(=O)[C@@H]2[C@H](C(=O)O)[C@@H]3CCC12O3. The van der Waals surface area contributed by atoms with Crippen LogP contribution in [0.25, 0.3) is 0 Å². The predicted molar refractivity (Wildman–Crippen MR) is 125 cm³/mol. The van der Waals surface area contributed by atoms with Crippen molar-refractivity contribution in [3.8, 4) is 0 Å². The van der Waals surface area contributed by atoms with Crippen LogP contribution in [0.5, 0.6) is 0 Å². The number of carbonyl (C=O) groups excluding carboxylic acids is 2. The zero-order chi connectivity index (χ0) is 24.5. The Balaban J connectivity index is 1.79. The number of rotatable bonds is 11. The molecule has 3 aliphatic rings. The van der Waals surface area contributed by atoms with Crippen LogP contribution in [-0.4, -0.2) is 75.2 Å². The van der Waals surface area contributed by atoms with E-state index in [4.69, 9.17) is 4.74 Å². The van der Waals surface area contributed by atoms with Gasteiger partial charge in [-0.1, -0.05) is 56.2 Å². The maximum atomic E-state index is 14.1. The van der Waals surface area contributed by atoms with Crippen LogP contribution in [0.15, 0.2) is 43.0 Å². The Hall–Kier alpha value is -2.71. The summed E-state index contributed by atoms with van der Waals surface area (Å²) in [6.07, 6.45) is 4.79. The van der Waals surface area contributed by atoms with E-state index in [0.29, 0.717) is 31.5 Å². The van der Waals surface area contributed by atoms with Crippen molar-refractivity contribution in [1.82, 2.24) is 9.80 Å². The highest BCUT2D eigenvalue weighted by molar-refractivity contribution is 5.98. The Labute approximate surface area is 200 Å². The van der Waals surface area contributed by atoms with Gasteiger partial charge in [0, 0.05) is 13.1 Å². The van der Waals surface area contributed by atoms with Crippen molar-refractivity contribution in [3.05, 3.63) is 48.6 Å². The van der Waals surface area contributed by atoms with E-state index in [1.165, 1.54) is 4.90 Å². The first-order valence-corrected chi connectivity index (χ1v) is 12.2. The van der Waals surface area contributed by atoms with Gasteiger partial charge in [-0.2, -0.15) is 0 Å². The summed E-state index contributed by atoms with van der Waals surface area (Å²) in [6.45, 7) is 6.33. The van der Waals surface area contributed by atoms with Gasteiger partial charge < -0.3 is 24.7 Å². The minimum absolute atomic E-state index is 0.270. The van der Waals surface area contributed by atoms with Gasteiger partial charge in [-0.15, -0.1) is 6.58 Å². The molecule has 3 heterocycles. The lowest BCUT2D eigenvalue weighted by atomic mass is 9.70. The maximum Gasteiger partial charge on any atom is 0.310 e. The zero-order valence-electron chi connectivity index (χ0n) is 19.6. The second-order valence-corrected chi connectivity index (χ2v) is 9.53. The van der Waals surface area contributed by atoms with Crippen LogP contribution in [0.1, 0.15) is 50.6 Å². The van der Waals surface area contributed by atoms with Crippen LogP contribution in [0.4, 0.5) is 0 Å². The number of aliphatic carboxylic acids is 1. The molecule has 184 valence electrons. The first-order chi connectivity index (χ1) is 16.4. The Kier molecular flexibility index (Phi) is 7.09. The fourth-order valence-corrected chi connectivity index (χ4v) is 6.19. The highest BCUT2D eigenvalue weighted by atomic mass is 16.5. The van der Waals surface area contributed by atoms with Crippen LogP contribution in [0, 0.1) is 11.8 Å². The average molecular weight is 471 g/mol. The lowest BCUT2D eigenvalue weighted by Crippen LogP contribution is -2.57. The van der Waals surface area contributed by atoms with Crippen molar-refractivity contribution in [3.63, 3.8) is 0 Å². The average Bonchev–Trinajstić information content (AvgIpc) is 3.47. The normalized spacial score (nSPS) is 30.3. The lowest BCUT2D eigenvalue weighted by molar-refractivity contribution is -0.153. The largest absolute Gasteiger partial charge is 0.481 e. The number of carboxylic acid groups (broad SMARTS) is 1. The molecule has 0 aliphatic carbocycles. The molecule has 4 rings (SSSR count). The number of aliphatic hydroxyl groups is 1. The number of hydrogen-bond acceptors (Lipinski definition) is 5. The standard InChI is InChI=1S/C26H34N2O6/c1-3-5-9-15-27(14-4-2)24(31)22-26-13-12-19(34-26)20(25(32)33)21(26)23(30)28(22)18(16-29)17-10-7-6-8-11-17/h4,6-8,10-11,18-22,29H,2-3,5,9,12-16H2,1H3,(H,32,33)/t18-,19+,20-,21+,22?,26?/m1/s1. The number of likely N-dealkylation sites (tertiary alicyclic amines) is 1. The fraction of sp³-hybridized carbons (Fsp3) is 0.577. The molecule has 34 heavy (non-hydrogen) atoms. The van der Waals surface area contributed by atoms with Gasteiger partial charge >= 0.3 is 5.97 Å². The van der Waals surface area contributed by atoms with Gasteiger partial charge in [-0.3, -0.25) is 14.4 Å². The number of benzene rings is 1. The van der Waals surface area contributed by atoms with E-state index in [1.807, 2.05) is 18.2 Å². The number of ether oxygens (including phenoxy) is 1. The van der Waals surface area contributed by atoms with Crippen LogP contribution in [0.2, 0.25) is 0 Å². The van der Waals surface area contributed by atoms with Crippen LogP contribution < -0.4 is 0 Å². The van der Waals surface area contributed by atoms with E-state index in [9.17, 15) is 24.6 Å². The third-order valence-electron chi connectivity index (χ3n) is 7.64. The minimum Gasteiger partial charge on any atom is -0.481 e. The summed E-state index contributed by atoms with van der Waals surface area (Å²) < 4.78 is 6.28. The summed E-state index contributed by atoms with van der Waals surface area (Å²) in [4.78, 5) is 43.3. The highest BCUT2D eigenvalue weighted by Gasteiger charge is 2.75. The van der Waals surface area contributed by atoms with Gasteiger partial charge in [0.2, 0.25) is 11.8 Å². The number of nitrogens with zero attached hydrogens (tertiary/aromatic N) is 2. The first kappa shape index (κ1) is 24.4. The lowest BCUT2D eigenvalue weighted by Gasteiger charge is -2.39. The molecule has 2 amide bonds. The van der Waals surface area contributed by atoms with Gasteiger partial charge in [-0.25, -0.2) is 0 Å². The van der Waals surface area contributed by atoms with E-state index >= 15 is 0 Å². The van der Waals surface area contributed by atoms with E-state index in [0.717, 1.165) is 19.3 Å². The van der Waals surface area contributed by atoms with Gasteiger partial charge in [0.25, 0.3) is 0 Å². The Bertz CT molecular complexity index is 936. The second-order valence-electron chi connectivity index (χ2n) is 9.53. The third-order valence-corrected chi connectivity index (χ3v) is 7.64. The smallest absolute Gasteiger partial charge is 0.310 e. The van der Waals surface area contributed by atoms with Crippen molar-refractivity contribution in [2.75, 3.05) is 19.7 Å². The molecule has 2 unspecified atom stereocenters. The van der Waals surface area contributed by atoms with Gasteiger partial charge in [0.05, 0.1) is 30.6 Å². The van der Waals surface area contributed by atoms with Crippen LogP contribution in [0.3, 0.4) is 0 Å². The van der Waals surface area contributed by atoms with Crippen molar-refractivity contribution in [1.29, 1.82) is 0 Å². The predicted octanol–water partition coefficient (Wildman–Crippen LogP) is 2.38. The van der Waals surface area contributed by atoms with Crippen molar-refractivity contribution in [2.24, 2.45) is 11.8 Å². The molecule has 1 aromatic carbocycles. The summed E-state index contributed by atoms with van der Waals surface area (Å²) in [5.41, 5.74) is -0.510. The molecule has 2 N–H and O–H groups in total. The molecule has 0 radical (unpaired) electrons. The molecule has 1 aromatic rings. The molecule has 0 aromatic heterocycles. The molecule has 6 atom stereocenters. The van der Waals surface area contributed by atoms with Gasteiger partial charge in [0.15, 0.2) is 0 Å². The zero-order valence-corrected chi connectivity index (χ0v) is 19.6. The topological polar surface area (TPSA) is 107 Å². The summed E-state index contributed by atoms with van der Waals surface area (Å²) >= 11 is 0. The molecule has 8 nitrogen and oxygen atoms in total. The molecule has 3 aliphatic heterocycles. The fourth-order valence-electron chi connectivity index (χ4n) is 6.19. The monoisotopic (exact) mass is 470 g/mol. The number of fused-ring (bicyclic) bond motifs is 1. The molecule has 3 fully saturated rings. The maximum absolute atomic E-state index is 14.1. The van der Waals surface area contributed by atoms with Crippen molar-refractivity contribution in [2.45, 2.75) is 62.8 Å². The number of carbonyl (C=O) groups is 3. The summed E-state index contributed by atoms with van der Waals surface area (Å²) in [6, 6.07) is 7.29. The molecule has 3 saturated heterocycles. The number of unbranched alkanes of at least 4 members (excludes halogenated alkanes) is 2. The Morgan fingerprint density at radius 1 is 1.32 bits per heavy atom. The van der Waals surface area contributed by atoms with Crippen molar-refractivity contribution < 1.29 is 29.3 Å². The Morgan fingerprint density at radius 2 is 2.06 bits per heavy atom. The van der Waals surface area contributed by atoms with E-state index < -0.39 is 47.5 Å². The molecular formula is C26H34N2O6. The van der Waals surface area contributed by atoms with Crippen LogP contribution >= 0.6 is 0 Å². The van der Waals surface area contributed by atoms with E-state index in [2.05, 4.69) is 13.5 Å². The molecular weight excluding hydrogens is 436 g/mol. The van der Waals surface area contributed by atoms with E-state index in [1.54, 1.807) is 23.1 Å². The first-order valence-electron chi connectivity index (χ1n) is 12.2. The highest BCUT2D eigenvalue weighted by Crippen LogP contribution is 2.59. The van der Waals surface area contributed by atoms with Crippen molar-refractivity contribution >= 4 is 17.8 Å². The number of aliphatic hydroxyl groups excluding tert-OH is 1. The number of carboxylic acids is 1. The molecule has 2 bridgehead atoms. The van der Waals surface area contributed by atoms with E-state index in [-0.39, 0.29) is 12.5 Å². The molecule has 8 heteroatoms. The van der Waals surface area contributed by atoms with Crippen LogP contribution in [-0.2, 0) is 19.1 Å². The second kappa shape index (κ2) is 9.88.